The van der Waals surface area contributed by atoms with E-state index in [-0.39, 0.29) is 0 Å². The number of rotatable bonds is 2. The molecule has 0 bridgehead atoms. The van der Waals surface area contributed by atoms with E-state index in [0.29, 0.717) is 13.8 Å². The molecule has 0 radical (unpaired) electrons. The first-order chi connectivity index (χ1) is 11.4. The van der Waals surface area contributed by atoms with Crippen LogP contribution < -0.4 is 0 Å². The summed E-state index contributed by atoms with van der Waals surface area (Å²) in [4.78, 5) is 0. The Labute approximate surface area is 133 Å². The molecule has 0 spiro atoms. The molecule has 0 fully saturated rings. The third-order valence-electron chi connectivity index (χ3n) is 3.67. The van der Waals surface area contributed by atoms with Gasteiger partial charge in [-0.3, -0.25) is 0 Å². The van der Waals surface area contributed by atoms with Gasteiger partial charge in [-0.15, -0.1) is 0 Å². The van der Waals surface area contributed by atoms with Gasteiger partial charge in [0.25, 0.3) is 0 Å². The van der Waals surface area contributed by atoms with Gasteiger partial charge in [0.2, 0.25) is 11.6 Å². The lowest BCUT2D eigenvalue weighted by Gasteiger charge is -2.28. The van der Waals surface area contributed by atoms with Gasteiger partial charge in [0, 0.05) is 16.5 Å². The highest BCUT2D eigenvalue weighted by Crippen LogP contribution is 2.41. The average molecular weight is 376 g/mol. The van der Waals surface area contributed by atoms with Crippen molar-refractivity contribution in [2.24, 2.45) is 0 Å². The topological polar surface area (TPSA) is 0 Å². The van der Waals surface area contributed by atoms with Crippen LogP contribution in [0.15, 0.2) is 0 Å². The van der Waals surface area contributed by atoms with Crippen LogP contribution in [-0.4, -0.2) is 0 Å². The molecular weight excluding hydrogens is 370 g/mol. The summed E-state index contributed by atoms with van der Waals surface area (Å²) in [6.07, 6.45) is 0. The Morgan fingerprint density at radius 2 is 0.520 bits per heavy atom. The van der Waals surface area contributed by atoms with Gasteiger partial charge in [-0.2, -0.15) is 0 Å². The predicted molar refractivity (Wildman–Crippen MR) is 64.6 cm³/mol. The molecule has 0 aromatic heterocycles. The molecule has 0 aliphatic heterocycles. The normalized spacial score (nSPS) is 12.0. The van der Waals surface area contributed by atoms with Crippen molar-refractivity contribution in [3.63, 3.8) is 0 Å². The van der Waals surface area contributed by atoms with Gasteiger partial charge in [-0.25, -0.2) is 43.9 Å². The maximum Gasteiger partial charge on any atom is 0.200 e. The van der Waals surface area contributed by atoms with Gasteiger partial charge in [-0.1, -0.05) is 13.8 Å². The molecule has 0 atom stereocenters. The molecule has 0 unspecified atom stereocenters. The highest BCUT2D eigenvalue weighted by molar-refractivity contribution is 5.42. The van der Waals surface area contributed by atoms with Gasteiger partial charge < -0.3 is 0 Å². The second kappa shape index (κ2) is 5.92. The summed E-state index contributed by atoms with van der Waals surface area (Å²) in [5.74, 6) is -24.6. The van der Waals surface area contributed by atoms with Gasteiger partial charge in [0.15, 0.2) is 46.5 Å². The SMILES string of the molecule is CC(C)(c1c(F)c(F)c(F)c(F)c1F)c1c(F)c(F)c(F)c(F)c1F. The standard InChI is InChI=1S/C15H6F10/c1-15(2,3-5(16)9(20)13(24)10(21)6(3)17)4-7(18)11(22)14(25)12(23)8(4)19/h1-2H3. The molecule has 10 heteroatoms. The average Bonchev–Trinajstić information content (AvgIpc) is 2.54. The Bertz CT molecular complexity index is 755. The Morgan fingerprint density at radius 3 is 0.720 bits per heavy atom. The van der Waals surface area contributed by atoms with E-state index in [9.17, 15) is 43.9 Å². The largest absolute Gasteiger partial charge is 0.203 e. The van der Waals surface area contributed by atoms with Crippen LogP contribution in [0.3, 0.4) is 0 Å². The second-order valence-electron chi connectivity index (χ2n) is 5.51. The van der Waals surface area contributed by atoms with Crippen molar-refractivity contribution in [3.05, 3.63) is 69.3 Å². The van der Waals surface area contributed by atoms with Crippen molar-refractivity contribution in [2.75, 3.05) is 0 Å². The minimum absolute atomic E-state index is 0.545. The summed E-state index contributed by atoms with van der Waals surface area (Å²) in [6, 6.07) is 0. The third kappa shape index (κ3) is 2.54. The van der Waals surface area contributed by atoms with E-state index in [1.807, 2.05) is 0 Å². The number of halogens is 10. The fraction of sp³-hybridized carbons (Fsp3) is 0.200. The molecule has 0 nitrogen and oxygen atoms in total. The maximum absolute atomic E-state index is 13.9. The first kappa shape index (κ1) is 19.1. The molecule has 0 N–H and O–H groups in total. The van der Waals surface area contributed by atoms with Gasteiger partial charge in [0.1, 0.15) is 0 Å². The van der Waals surface area contributed by atoms with E-state index in [0.717, 1.165) is 0 Å². The Kier molecular flexibility index (Phi) is 4.52. The van der Waals surface area contributed by atoms with E-state index in [1.165, 1.54) is 0 Å². The van der Waals surface area contributed by atoms with E-state index in [4.69, 9.17) is 0 Å². The van der Waals surface area contributed by atoms with E-state index in [1.54, 1.807) is 0 Å². The zero-order valence-corrected chi connectivity index (χ0v) is 12.3. The van der Waals surface area contributed by atoms with Crippen LogP contribution in [0.4, 0.5) is 43.9 Å². The van der Waals surface area contributed by atoms with Crippen LogP contribution in [0.1, 0.15) is 25.0 Å². The zero-order chi connectivity index (χ0) is 19.4. The van der Waals surface area contributed by atoms with Crippen LogP contribution in [0, 0.1) is 58.2 Å². The van der Waals surface area contributed by atoms with Crippen molar-refractivity contribution in [1.29, 1.82) is 0 Å². The lowest BCUT2D eigenvalue weighted by Crippen LogP contribution is -2.29. The lowest BCUT2D eigenvalue weighted by atomic mass is 9.76. The molecule has 0 aliphatic rings. The lowest BCUT2D eigenvalue weighted by molar-refractivity contribution is 0.336. The molecule has 2 aromatic carbocycles. The zero-order valence-electron chi connectivity index (χ0n) is 12.3. The molecule has 0 heterocycles. The van der Waals surface area contributed by atoms with Crippen LogP contribution in [0.25, 0.3) is 0 Å². The summed E-state index contributed by atoms with van der Waals surface area (Å²) in [6.45, 7) is 1.09. The van der Waals surface area contributed by atoms with Crippen molar-refractivity contribution in [2.45, 2.75) is 19.3 Å². The summed E-state index contributed by atoms with van der Waals surface area (Å²) in [7, 11) is 0. The molecule has 0 amide bonds. The summed E-state index contributed by atoms with van der Waals surface area (Å²) < 4.78 is 135. The quantitative estimate of drug-likeness (QED) is 0.374. The minimum Gasteiger partial charge on any atom is -0.203 e. The van der Waals surface area contributed by atoms with Gasteiger partial charge >= 0.3 is 0 Å². The summed E-state index contributed by atoms with van der Waals surface area (Å²) in [5, 5.41) is 0. The molecule has 25 heavy (non-hydrogen) atoms. The maximum atomic E-state index is 13.9. The van der Waals surface area contributed by atoms with Crippen molar-refractivity contribution < 1.29 is 43.9 Å². The highest BCUT2D eigenvalue weighted by Gasteiger charge is 2.42. The molecule has 2 aromatic rings. The van der Waals surface area contributed by atoms with Crippen molar-refractivity contribution in [3.8, 4) is 0 Å². The Hall–Kier alpha value is -2.26. The third-order valence-corrected chi connectivity index (χ3v) is 3.67. The summed E-state index contributed by atoms with van der Waals surface area (Å²) in [5.41, 5.74) is -6.29. The monoisotopic (exact) mass is 376 g/mol. The second-order valence-corrected chi connectivity index (χ2v) is 5.51. The van der Waals surface area contributed by atoms with Gasteiger partial charge in [-0.05, 0) is 0 Å². The van der Waals surface area contributed by atoms with E-state index in [2.05, 4.69) is 0 Å². The predicted octanol–water partition coefficient (Wildman–Crippen LogP) is 5.40. The number of hydrogen-bond donors (Lipinski definition) is 0. The molecule has 0 aliphatic carbocycles. The van der Waals surface area contributed by atoms with Crippen LogP contribution in [-0.2, 0) is 5.41 Å². The Morgan fingerprint density at radius 1 is 0.360 bits per heavy atom. The molecule has 0 saturated heterocycles. The molecule has 2 rings (SSSR count). The Balaban J connectivity index is 2.96. The number of benzene rings is 2. The molecule has 136 valence electrons. The van der Waals surface area contributed by atoms with Gasteiger partial charge in [0.05, 0.1) is 0 Å². The fourth-order valence-corrected chi connectivity index (χ4v) is 2.43. The first-order valence-electron chi connectivity index (χ1n) is 6.39. The smallest absolute Gasteiger partial charge is 0.200 e. The van der Waals surface area contributed by atoms with Crippen molar-refractivity contribution >= 4 is 0 Å². The van der Waals surface area contributed by atoms with Crippen LogP contribution in [0.5, 0.6) is 0 Å². The fourth-order valence-electron chi connectivity index (χ4n) is 2.43. The van der Waals surface area contributed by atoms with Crippen molar-refractivity contribution in [1.82, 2.24) is 0 Å². The molecule has 0 saturated carbocycles. The van der Waals surface area contributed by atoms with Crippen LogP contribution >= 0.6 is 0 Å². The first-order valence-corrected chi connectivity index (χ1v) is 6.39. The highest BCUT2D eigenvalue weighted by atomic mass is 19.2. The molecular formula is C15H6F10. The van der Waals surface area contributed by atoms with E-state index >= 15 is 0 Å². The summed E-state index contributed by atoms with van der Waals surface area (Å²) >= 11 is 0. The van der Waals surface area contributed by atoms with E-state index < -0.39 is 74.7 Å². The number of hydrogen-bond acceptors (Lipinski definition) is 0. The minimum atomic E-state index is -2.80. The van der Waals surface area contributed by atoms with Crippen LogP contribution in [0.2, 0.25) is 0 Å².